The summed E-state index contributed by atoms with van der Waals surface area (Å²) < 4.78 is 5.97. The molecule has 0 bridgehead atoms. The molecule has 3 rings (SSSR count). The van der Waals surface area contributed by atoms with Crippen LogP contribution in [0.15, 0.2) is 18.2 Å². The van der Waals surface area contributed by atoms with Crippen LogP contribution < -0.4 is 10.1 Å². The molecule has 1 aromatic rings. The molecular formula is C21H29N3O4. The second-order valence-corrected chi connectivity index (χ2v) is 7.54. The number of piperidine rings is 1. The second kappa shape index (κ2) is 9.19. The van der Waals surface area contributed by atoms with Gasteiger partial charge in [0.2, 0.25) is 11.8 Å². The van der Waals surface area contributed by atoms with E-state index in [1.165, 1.54) is 12.8 Å². The van der Waals surface area contributed by atoms with Crippen LogP contribution in [0.3, 0.4) is 0 Å². The van der Waals surface area contributed by atoms with Gasteiger partial charge >= 0.3 is 0 Å². The molecule has 0 spiro atoms. The van der Waals surface area contributed by atoms with Crippen LogP contribution in [0.1, 0.15) is 54.9 Å². The van der Waals surface area contributed by atoms with Crippen LogP contribution >= 0.6 is 0 Å². The molecule has 0 aliphatic carbocycles. The first-order valence-electron chi connectivity index (χ1n) is 10.1. The Bertz CT molecular complexity index is 749. The fraction of sp³-hybridized carbons (Fsp3) is 0.571. The monoisotopic (exact) mass is 387 g/mol. The van der Waals surface area contributed by atoms with Crippen LogP contribution in [0, 0.1) is 0 Å². The Morgan fingerprint density at radius 3 is 2.75 bits per heavy atom. The first-order chi connectivity index (χ1) is 13.5. The maximum absolute atomic E-state index is 12.8. The van der Waals surface area contributed by atoms with Crippen molar-refractivity contribution in [3.63, 3.8) is 0 Å². The SMILES string of the molecule is CCCCN(C)CCCOc1cccc2c1CN(C1CCC(=O)NC1=O)C2=O. The lowest BCUT2D eigenvalue weighted by Gasteiger charge is -2.29. The molecule has 0 radical (unpaired) electrons. The van der Waals surface area contributed by atoms with Crippen molar-refractivity contribution in [1.29, 1.82) is 0 Å². The highest BCUT2D eigenvalue weighted by molar-refractivity contribution is 6.05. The highest BCUT2D eigenvalue weighted by Gasteiger charge is 2.40. The quantitative estimate of drug-likeness (QED) is 0.518. The summed E-state index contributed by atoms with van der Waals surface area (Å²) in [6, 6.07) is 4.86. The number of fused-ring (bicyclic) bond motifs is 1. The number of benzene rings is 1. The number of hydrogen-bond acceptors (Lipinski definition) is 5. The number of amides is 3. The summed E-state index contributed by atoms with van der Waals surface area (Å²) in [5.74, 6) is -0.139. The van der Waals surface area contributed by atoms with E-state index >= 15 is 0 Å². The molecule has 1 atom stereocenters. The van der Waals surface area contributed by atoms with Gasteiger partial charge in [-0.2, -0.15) is 0 Å². The van der Waals surface area contributed by atoms with Gasteiger partial charge in [0.05, 0.1) is 13.2 Å². The molecule has 1 N–H and O–H groups in total. The third-order valence-electron chi connectivity index (χ3n) is 5.37. The highest BCUT2D eigenvalue weighted by Crippen LogP contribution is 2.33. The van der Waals surface area contributed by atoms with Crippen molar-refractivity contribution < 1.29 is 19.1 Å². The number of hydrogen-bond donors (Lipinski definition) is 1. The van der Waals surface area contributed by atoms with Gasteiger partial charge in [0, 0.05) is 24.1 Å². The first-order valence-corrected chi connectivity index (χ1v) is 10.1. The van der Waals surface area contributed by atoms with E-state index in [1.807, 2.05) is 12.1 Å². The van der Waals surface area contributed by atoms with E-state index in [-0.39, 0.29) is 18.2 Å². The van der Waals surface area contributed by atoms with Crippen LogP contribution in [0.25, 0.3) is 0 Å². The average Bonchev–Trinajstić information content (AvgIpc) is 3.01. The summed E-state index contributed by atoms with van der Waals surface area (Å²) in [7, 11) is 2.12. The molecule has 2 heterocycles. The van der Waals surface area contributed by atoms with E-state index in [4.69, 9.17) is 4.74 Å². The standard InChI is InChI=1S/C21H29N3O4/c1-3-4-11-23(2)12-6-13-28-18-8-5-7-15-16(18)14-24(21(15)27)17-9-10-19(25)22-20(17)26/h5,7-8,17H,3-4,6,9-14H2,1-2H3,(H,22,25,26). The van der Waals surface area contributed by atoms with Gasteiger partial charge in [-0.3, -0.25) is 19.7 Å². The van der Waals surface area contributed by atoms with Gasteiger partial charge in [0.15, 0.2) is 0 Å². The zero-order chi connectivity index (χ0) is 20.1. The molecule has 0 saturated carbocycles. The Balaban J connectivity index is 1.59. The summed E-state index contributed by atoms with van der Waals surface area (Å²) in [4.78, 5) is 40.2. The van der Waals surface area contributed by atoms with Crippen LogP contribution in [0.2, 0.25) is 0 Å². The first kappa shape index (κ1) is 20.3. The Morgan fingerprint density at radius 1 is 1.21 bits per heavy atom. The van der Waals surface area contributed by atoms with E-state index in [0.29, 0.717) is 30.9 Å². The predicted molar refractivity (Wildman–Crippen MR) is 105 cm³/mol. The normalized spacial score (nSPS) is 19.2. The second-order valence-electron chi connectivity index (χ2n) is 7.54. The van der Waals surface area contributed by atoms with E-state index in [9.17, 15) is 14.4 Å². The number of nitrogens with zero attached hydrogens (tertiary/aromatic N) is 2. The lowest BCUT2D eigenvalue weighted by Crippen LogP contribution is -2.52. The maximum atomic E-state index is 12.8. The third-order valence-corrected chi connectivity index (χ3v) is 5.37. The van der Waals surface area contributed by atoms with Crippen molar-refractivity contribution in [3.05, 3.63) is 29.3 Å². The van der Waals surface area contributed by atoms with Crippen molar-refractivity contribution in [2.45, 2.75) is 51.6 Å². The van der Waals surface area contributed by atoms with Crippen molar-refractivity contribution >= 4 is 17.7 Å². The number of imide groups is 1. The number of carbonyl (C=O) groups excluding carboxylic acids is 3. The third kappa shape index (κ3) is 4.52. The average molecular weight is 387 g/mol. The number of nitrogens with one attached hydrogen (secondary N) is 1. The summed E-state index contributed by atoms with van der Waals surface area (Å²) >= 11 is 0. The molecule has 7 heteroatoms. The van der Waals surface area contributed by atoms with Gasteiger partial charge in [-0.1, -0.05) is 19.4 Å². The molecule has 1 aromatic carbocycles. The van der Waals surface area contributed by atoms with Crippen molar-refractivity contribution in [2.75, 3.05) is 26.7 Å². The minimum atomic E-state index is -0.599. The van der Waals surface area contributed by atoms with E-state index < -0.39 is 11.9 Å². The minimum absolute atomic E-state index is 0.172. The predicted octanol–water partition coefficient (Wildman–Crippen LogP) is 1.95. The molecule has 1 fully saturated rings. The smallest absolute Gasteiger partial charge is 0.255 e. The van der Waals surface area contributed by atoms with E-state index in [0.717, 1.165) is 25.1 Å². The number of rotatable bonds is 9. The molecule has 1 unspecified atom stereocenters. The minimum Gasteiger partial charge on any atom is -0.493 e. The van der Waals surface area contributed by atoms with Crippen LogP contribution in [-0.4, -0.2) is 60.3 Å². The molecular weight excluding hydrogens is 358 g/mol. The van der Waals surface area contributed by atoms with Gasteiger partial charge in [0.25, 0.3) is 5.91 Å². The molecule has 1 saturated heterocycles. The maximum Gasteiger partial charge on any atom is 0.255 e. The van der Waals surface area contributed by atoms with Gasteiger partial charge in [-0.05, 0) is 45.0 Å². The van der Waals surface area contributed by atoms with Gasteiger partial charge < -0.3 is 14.5 Å². The fourth-order valence-electron chi connectivity index (χ4n) is 3.75. The number of carbonyl (C=O) groups is 3. The summed E-state index contributed by atoms with van der Waals surface area (Å²) in [6.45, 7) is 5.17. The largest absolute Gasteiger partial charge is 0.493 e. The highest BCUT2D eigenvalue weighted by atomic mass is 16.5. The van der Waals surface area contributed by atoms with E-state index in [2.05, 4.69) is 24.2 Å². The van der Waals surface area contributed by atoms with Crippen molar-refractivity contribution in [1.82, 2.24) is 15.1 Å². The Labute approximate surface area is 166 Å². The summed E-state index contributed by atoms with van der Waals surface area (Å²) in [5.41, 5.74) is 1.42. The van der Waals surface area contributed by atoms with Crippen molar-refractivity contribution in [2.24, 2.45) is 0 Å². The van der Waals surface area contributed by atoms with E-state index in [1.54, 1.807) is 11.0 Å². The Kier molecular flexibility index (Phi) is 6.67. The van der Waals surface area contributed by atoms with Gasteiger partial charge in [-0.15, -0.1) is 0 Å². The van der Waals surface area contributed by atoms with Crippen LogP contribution in [-0.2, 0) is 16.1 Å². The molecule has 152 valence electrons. The fourth-order valence-corrected chi connectivity index (χ4v) is 3.75. The van der Waals surface area contributed by atoms with Crippen molar-refractivity contribution in [3.8, 4) is 5.75 Å². The zero-order valence-electron chi connectivity index (χ0n) is 16.7. The molecule has 28 heavy (non-hydrogen) atoms. The topological polar surface area (TPSA) is 79.0 Å². The van der Waals surface area contributed by atoms with Crippen LogP contribution in [0.5, 0.6) is 5.75 Å². The molecule has 2 aliphatic heterocycles. The Hall–Kier alpha value is -2.41. The number of unbranched alkanes of at least 4 members (excludes halogenated alkanes) is 1. The number of ether oxygens (including phenoxy) is 1. The molecule has 7 nitrogen and oxygen atoms in total. The molecule has 0 aromatic heterocycles. The lowest BCUT2D eigenvalue weighted by atomic mass is 10.0. The zero-order valence-corrected chi connectivity index (χ0v) is 16.7. The summed E-state index contributed by atoms with van der Waals surface area (Å²) in [6.07, 6.45) is 3.92. The van der Waals surface area contributed by atoms with Gasteiger partial charge in [0.1, 0.15) is 11.8 Å². The molecule has 3 amide bonds. The summed E-state index contributed by atoms with van der Waals surface area (Å²) in [5, 5.41) is 2.33. The lowest BCUT2D eigenvalue weighted by molar-refractivity contribution is -0.136. The molecule has 2 aliphatic rings. The van der Waals surface area contributed by atoms with Gasteiger partial charge in [-0.25, -0.2) is 0 Å². The Morgan fingerprint density at radius 2 is 2.00 bits per heavy atom. The van der Waals surface area contributed by atoms with Crippen LogP contribution in [0.4, 0.5) is 0 Å².